The van der Waals surface area contributed by atoms with E-state index in [1.54, 1.807) is 0 Å². The number of hydrogen-bond acceptors (Lipinski definition) is 1. The molecule has 0 unspecified atom stereocenters. The molecule has 3 rings (SSSR count). The zero-order valence-corrected chi connectivity index (χ0v) is 20.6. The van der Waals surface area contributed by atoms with Gasteiger partial charge in [0.2, 0.25) is 0 Å². The Morgan fingerprint density at radius 1 is 0.690 bits per heavy atom. The molecule has 3 aliphatic carbocycles. The van der Waals surface area contributed by atoms with Crippen LogP contribution in [0.25, 0.3) is 0 Å². The van der Waals surface area contributed by atoms with Gasteiger partial charge >= 0.3 is 0 Å². The maximum absolute atomic E-state index is 13.6. The van der Waals surface area contributed by atoms with E-state index >= 15 is 0 Å². The second-order valence-electron chi connectivity index (χ2n) is 10.7. The summed E-state index contributed by atoms with van der Waals surface area (Å²) in [4.78, 5) is 13.6. The smallest absolute Gasteiger partial charge is 0.151 e. The Morgan fingerprint density at radius 2 is 1.07 bits per heavy atom. The molecule has 0 heterocycles. The fraction of sp³-hybridized carbons (Fsp3) is 0.962. The summed E-state index contributed by atoms with van der Waals surface area (Å²) in [5, 5.41) is 0. The second-order valence-corrected chi connectivity index (χ2v) is 12.0. The van der Waals surface area contributed by atoms with Crippen LogP contribution in [0.15, 0.2) is 0 Å². The van der Waals surface area contributed by atoms with Gasteiger partial charge in [0.25, 0.3) is 0 Å². The summed E-state index contributed by atoms with van der Waals surface area (Å²) in [6, 6.07) is 0. The molecular formula is C26H44Cl2O. The van der Waals surface area contributed by atoms with E-state index in [4.69, 9.17) is 23.2 Å². The molecule has 0 aromatic rings. The van der Waals surface area contributed by atoms with Gasteiger partial charge in [-0.1, -0.05) is 101 Å². The van der Waals surface area contributed by atoms with E-state index in [-0.39, 0.29) is 0 Å². The molecule has 2 spiro atoms. The highest BCUT2D eigenvalue weighted by Crippen LogP contribution is 2.74. The first-order valence-corrected chi connectivity index (χ1v) is 13.6. The van der Waals surface area contributed by atoms with Crippen molar-refractivity contribution in [3.63, 3.8) is 0 Å². The predicted molar refractivity (Wildman–Crippen MR) is 126 cm³/mol. The first kappa shape index (κ1) is 23.9. The van der Waals surface area contributed by atoms with E-state index in [0.717, 1.165) is 63.2 Å². The molecule has 0 radical (unpaired) electrons. The predicted octanol–water partition coefficient (Wildman–Crippen LogP) is 9.04. The number of unbranched alkanes of at least 4 members (excludes halogenated alkanes) is 6. The van der Waals surface area contributed by atoms with Gasteiger partial charge in [-0.05, 0) is 63.2 Å². The lowest BCUT2D eigenvalue weighted by Gasteiger charge is -2.67. The molecule has 0 atom stereocenters. The largest absolute Gasteiger partial charge is 0.298 e. The number of rotatable bonds is 10. The van der Waals surface area contributed by atoms with Gasteiger partial charge < -0.3 is 0 Å². The van der Waals surface area contributed by atoms with Crippen molar-refractivity contribution in [2.75, 3.05) is 0 Å². The molecule has 29 heavy (non-hydrogen) atoms. The molecule has 3 fully saturated rings. The van der Waals surface area contributed by atoms with Gasteiger partial charge in [0.15, 0.2) is 5.78 Å². The summed E-state index contributed by atoms with van der Waals surface area (Å²) in [6.45, 7) is 4.53. The highest BCUT2D eigenvalue weighted by Gasteiger charge is 2.78. The number of ketones is 1. The molecule has 3 aliphatic rings. The van der Waals surface area contributed by atoms with Crippen LogP contribution in [0.1, 0.15) is 129 Å². The lowest BCUT2D eigenvalue weighted by Crippen LogP contribution is -2.74. The van der Waals surface area contributed by atoms with Gasteiger partial charge in [0.1, 0.15) is 4.33 Å². The van der Waals surface area contributed by atoms with Gasteiger partial charge in [-0.15, -0.1) is 0 Å². The fourth-order valence-corrected chi connectivity index (χ4v) is 7.96. The summed E-state index contributed by atoms with van der Waals surface area (Å²) in [5.41, 5.74) is -0.853. The molecule has 3 heteroatoms. The summed E-state index contributed by atoms with van der Waals surface area (Å²) in [7, 11) is 0. The third kappa shape index (κ3) is 4.44. The van der Waals surface area contributed by atoms with E-state index in [2.05, 4.69) is 13.8 Å². The summed E-state index contributed by atoms with van der Waals surface area (Å²) in [6.07, 6.45) is 21.7. The molecule has 1 nitrogen and oxygen atoms in total. The van der Waals surface area contributed by atoms with Crippen molar-refractivity contribution in [3.05, 3.63) is 0 Å². The Bertz CT molecular complexity index is 481. The Kier molecular flexibility index (Phi) is 8.44. The van der Waals surface area contributed by atoms with Crippen molar-refractivity contribution in [2.45, 2.75) is 134 Å². The lowest BCUT2D eigenvalue weighted by molar-refractivity contribution is -0.172. The topological polar surface area (TPSA) is 17.1 Å². The van der Waals surface area contributed by atoms with E-state index in [0.29, 0.717) is 5.78 Å². The van der Waals surface area contributed by atoms with Crippen LogP contribution < -0.4 is 0 Å². The van der Waals surface area contributed by atoms with Crippen LogP contribution in [0.2, 0.25) is 0 Å². The first-order valence-electron chi connectivity index (χ1n) is 12.9. The van der Waals surface area contributed by atoms with Crippen LogP contribution in [-0.4, -0.2) is 10.1 Å². The Hall–Kier alpha value is 0.250. The molecule has 0 N–H and O–H groups in total. The van der Waals surface area contributed by atoms with Crippen LogP contribution in [-0.2, 0) is 4.79 Å². The standard InChI is InChI=1S/C26H44Cl2O/c1-3-5-7-9-11-21-13-17-24(18-14-21)23(29)25(26(24,27)28)19-15-22(16-20-25)12-10-8-6-4-2/h21-22H,3-20H2,1-2H3. The zero-order chi connectivity index (χ0) is 21.0. The minimum atomic E-state index is -0.822. The van der Waals surface area contributed by atoms with Crippen LogP contribution in [0.4, 0.5) is 0 Å². The fourth-order valence-electron chi connectivity index (χ4n) is 6.86. The molecule has 0 aromatic carbocycles. The lowest BCUT2D eigenvalue weighted by atomic mass is 9.42. The minimum Gasteiger partial charge on any atom is -0.298 e. The van der Waals surface area contributed by atoms with Crippen molar-refractivity contribution in [1.82, 2.24) is 0 Å². The molecule has 0 bridgehead atoms. The Morgan fingerprint density at radius 3 is 1.38 bits per heavy atom. The SMILES string of the molecule is CCCCCCC1CCC2(CC1)C(=O)C1(CCC(CCCCCC)CC1)C2(Cl)Cl. The van der Waals surface area contributed by atoms with Crippen molar-refractivity contribution >= 4 is 29.0 Å². The van der Waals surface area contributed by atoms with E-state index in [1.807, 2.05) is 0 Å². The summed E-state index contributed by atoms with van der Waals surface area (Å²) in [5.74, 6) is 2.01. The van der Waals surface area contributed by atoms with Gasteiger partial charge in [-0.2, -0.15) is 0 Å². The number of carbonyl (C=O) groups excluding carboxylic acids is 1. The monoisotopic (exact) mass is 442 g/mol. The average Bonchev–Trinajstić information content (AvgIpc) is 2.74. The van der Waals surface area contributed by atoms with Gasteiger partial charge in [0.05, 0.1) is 10.8 Å². The Balaban J connectivity index is 1.50. The van der Waals surface area contributed by atoms with Crippen LogP contribution in [0, 0.1) is 22.7 Å². The Labute approximate surface area is 190 Å². The summed E-state index contributed by atoms with van der Waals surface area (Å²) >= 11 is 14.2. The van der Waals surface area contributed by atoms with Gasteiger partial charge in [-0.25, -0.2) is 0 Å². The molecule has 168 valence electrons. The van der Waals surface area contributed by atoms with Gasteiger partial charge in [0, 0.05) is 0 Å². The quantitative estimate of drug-likeness (QED) is 0.243. The van der Waals surface area contributed by atoms with E-state index in [9.17, 15) is 4.79 Å². The van der Waals surface area contributed by atoms with Crippen molar-refractivity contribution in [1.29, 1.82) is 0 Å². The highest BCUT2D eigenvalue weighted by atomic mass is 35.5. The molecule has 0 aliphatic heterocycles. The third-order valence-electron chi connectivity index (χ3n) is 8.92. The number of Topliss-reactive ketones (excluding diaryl/α,β-unsaturated/α-hetero) is 1. The van der Waals surface area contributed by atoms with E-state index < -0.39 is 15.2 Å². The first-order chi connectivity index (χ1) is 13.9. The number of alkyl halides is 2. The van der Waals surface area contributed by atoms with Crippen LogP contribution >= 0.6 is 23.2 Å². The van der Waals surface area contributed by atoms with E-state index in [1.165, 1.54) is 64.2 Å². The van der Waals surface area contributed by atoms with Gasteiger partial charge in [-0.3, -0.25) is 4.79 Å². The second kappa shape index (κ2) is 10.2. The number of hydrogen-bond donors (Lipinski definition) is 0. The van der Waals surface area contributed by atoms with Crippen molar-refractivity contribution < 1.29 is 4.79 Å². The van der Waals surface area contributed by atoms with Crippen LogP contribution in [0.3, 0.4) is 0 Å². The summed E-state index contributed by atoms with van der Waals surface area (Å²) < 4.78 is -0.822. The zero-order valence-electron chi connectivity index (χ0n) is 19.0. The third-order valence-corrected chi connectivity index (χ3v) is 10.4. The average molecular weight is 444 g/mol. The van der Waals surface area contributed by atoms with Crippen LogP contribution in [0.5, 0.6) is 0 Å². The normalized spacial score (nSPS) is 36.5. The molecule has 3 saturated carbocycles. The molecule has 0 saturated heterocycles. The molecule has 0 amide bonds. The maximum Gasteiger partial charge on any atom is 0.151 e. The highest BCUT2D eigenvalue weighted by molar-refractivity contribution is 6.55. The van der Waals surface area contributed by atoms with Crippen molar-refractivity contribution in [2.24, 2.45) is 22.7 Å². The minimum absolute atomic E-state index is 0.427. The maximum atomic E-state index is 13.6. The molecule has 0 aromatic heterocycles. The number of halogens is 2. The molecular weight excluding hydrogens is 399 g/mol. The number of carbonyl (C=O) groups is 1. The van der Waals surface area contributed by atoms with Crippen molar-refractivity contribution in [3.8, 4) is 0 Å².